The van der Waals surface area contributed by atoms with Crippen molar-refractivity contribution in [2.45, 2.75) is 57.5 Å². The molecule has 2 atom stereocenters. The topological polar surface area (TPSA) is 41.1 Å². The van der Waals surface area contributed by atoms with Crippen LogP contribution in [-0.4, -0.2) is 24.5 Å². The lowest BCUT2D eigenvalue weighted by atomic mass is 10.1. The van der Waals surface area contributed by atoms with Gasteiger partial charge in [-0.2, -0.15) is 0 Å². The van der Waals surface area contributed by atoms with Crippen molar-refractivity contribution in [3.8, 4) is 0 Å². The Labute approximate surface area is 104 Å². The van der Waals surface area contributed by atoms with Gasteiger partial charge in [0.25, 0.3) is 0 Å². The van der Waals surface area contributed by atoms with Gasteiger partial charge in [-0.25, -0.2) is 0 Å². The number of hydrogen-bond donors (Lipinski definition) is 2. The highest BCUT2D eigenvalue weighted by molar-refractivity contribution is 5.85. The molecule has 16 heavy (non-hydrogen) atoms. The van der Waals surface area contributed by atoms with Gasteiger partial charge < -0.3 is 10.6 Å². The summed E-state index contributed by atoms with van der Waals surface area (Å²) in [5, 5.41) is 6.52. The molecule has 2 fully saturated rings. The van der Waals surface area contributed by atoms with Crippen molar-refractivity contribution in [3.63, 3.8) is 0 Å². The first-order valence-electron chi connectivity index (χ1n) is 6.28. The van der Waals surface area contributed by atoms with E-state index < -0.39 is 0 Å². The van der Waals surface area contributed by atoms with Gasteiger partial charge >= 0.3 is 0 Å². The number of nitrogens with one attached hydrogen (secondary N) is 2. The Morgan fingerprint density at radius 3 is 2.75 bits per heavy atom. The van der Waals surface area contributed by atoms with Crippen LogP contribution in [0.15, 0.2) is 0 Å². The van der Waals surface area contributed by atoms with E-state index in [0.717, 1.165) is 18.9 Å². The minimum absolute atomic E-state index is 0. The Morgan fingerprint density at radius 1 is 1.44 bits per heavy atom. The van der Waals surface area contributed by atoms with Crippen molar-refractivity contribution in [3.05, 3.63) is 0 Å². The van der Waals surface area contributed by atoms with E-state index in [2.05, 4.69) is 17.6 Å². The summed E-state index contributed by atoms with van der Waals surface area (Å²) < 4.78 is 0. The summed E-state index contributed by atoms with van der Waals surface area (Å²) in [4.78, 5) is 11.6. The van der Waals surface area contributed by atoms with Crippen LogP contribution in [0.4, 0.5) is 0 Å². The van der Waals surface area contributed by atoms with Gasteiger partial charge in [0.1, 0.15) is 0 Å². The average Bonchev–Trinajstić information content (AvgIpc) is 2.93. The fourth-order valence-electron chi connectivity index (χ4n) is 2.35. The molecule has 2 rings (SSSR count). The van der Waals surface area contributed by atoms with Crippen molar-refractivity contribution < 1.29 is 4.79 Å². The number of carbonyl (C=O) groups is 1. The molecule has 0 radical (unpaired) electrons. The highest BCUT2D eigenvalue weighted by Gasteiger charge is 2.28. The van der Waals surface area contributed by atoms with E-state index in [9.17, 15) is 4.79 Å². The van der Waals surface area contributed by atoms with Gasteiger partial charge in [0, 0.05) is 18.5 Å². The van der Waals surface area contributed by atoms with Crippen LogP contribution in [-0.2, 0) is 4.79 Å². The molecular weight excluding hydrogens is 224 g/mol. The fourth-order valence-corrected chi connectivity index (χ4v) is 2.35. The molecule has 1 saturated carbocycles. The molecule has 2 aliphatic rings. The quantitative estimate of drug-likeness (QED) is 0.778. The van der Waals surface area contributed by atoms with E-state index in [1.54, 1.807) is 0 Å². The molecule has 2 unspecified atom stereocenters. The molecule has 3 nitrogen and oxygen atoms in total. The maximum atomic E-state index is 11.6. The standard InChI is InChI=1S/C12H22N2O.ClH/c1-9(10-4-5-10)14-12(15)7-6-11-3-2-8-13-11;/h9-11,13H,2-8H2,1H3,(H,14,15);1H. The summed E-state index contributed by atoms with van der Waals surface area (Å²) >= 11 is 0. The molecule has 1 heterocycles. The predicted octanol–water partition coefficient (Wildman–Crippen LogP) is 1.86. The molecular formula is C12H23ClN2O. The molecule has 0 aromatic carbocycles. The monoisotopic (exact) mass is 246 g/mol. The zero-order chi connectivity index (χ0) is 10.7. The molecule has 0 aromatic rings. The number of rotatable bonds is 5. The van der Waals surface area contributed by atoms with Crippen LogP contribution < -0.4 is 10.6 Å². The predicted molar refractivity (Wildman–Crippen MR) is 67.8 cm³/mol. The van der Waals surface area contributed by atoms with Crippen LogP contribution in [0.2, 0.25) is 0 Å². The van der Waals surface area contributed by atoms with Crippen molar-refractivity contribution in [1.82, 2.24) is 10.6 Å². The first kappa shape index (κ1) is 13.8. The maximum Gasteiger partial charge on any atom is 0.220 e. The molecule has 1 amide bonds. The zero-order valence-electron chi connectivity index (χ0n) is 10.00. The van der Waals surface area contributed by atoms with Gasteiger partial charge in [-0.3, -0.25) is 4.79 Å². The largest absolute Gasteiger partial charge is 0.353 e. The third-order valence-electron chi connectivity index (χ3n) is 3.60. The Morgan fingerprint density at radius 2 is 2.19 bits per heavy atom. The van der Waals surface area contributed by atoms with Gasteiger partial charge in [0.2, 0.25) is 5.91 Å². The van der Waals surface area contributed by atoms with Crippen LogP contribution in [0.25, 0.3) is 0 Å². The first-order chi connectivity index (χ1) is 7.25. The van der Waals surface area contributed by atoms with E-state index >= 15 is 0 Å². The average molecular weight is 247 g/mol. The van der Waals surface area contributed by atoms with Crippen LogP contribution in [0.5, 0.6) is 0 Å². The van der Waals surface area contributed by atoms with Crippen molar-refractivity contribution in [1.29, 1.82) is 0 Å². The molecule has 1 saturated heterocycles. The Bertz CT molecular complexity index is 225. The van der Waals surface area contributed by atoms with E-state index in [4.69, 9.17) is 0 Å². The molecule has 4 heteroatoms. The van der Waals surface area contributed by atoms with Gasteiger partial charge in [-0.1, -0.05) is 0 Å². The van der Waals surface area contributed by atoms with E-state index in [1.807, 2.05) is 0 Å². The van der Waals surface area contributed by atoms with E-state index in [0.29, 0.717) is 18.5 Å². The Kier molecular flexibility index (Phi) is 5.56. The molecule has 0 spiro atoms. The summed E-state index contributed by atoms with van der Waals surface area (Å²) in [6.07, 6.45) is 6.80. The maximum absolute atomic E-state index is 11.6. The van der Waals surface area contributed by atoms with E-state index in [1.165, 1.54) is 25.7 Å². The van der Waals surface area contributed by atoms with Crippen molar-refractivity contribution in [2.75, 3.05) is 6.54 Å². The number of amides is 1. The highest BCUT2D eigenvalue weighted by atomic mass is 35.5. The second kappa shape index (κ2) is 6.45. The summed E-state index contributed by atoms with van der Waals surface area (Å²) in [6.45, 7) is 3.26. The van der Waals surface area contributed by atoms with Crippen LogP contribution in [0, 0.1) is 5.92 Å². The molecule has 2 N–H and O–H groups in total. The number of halogens is 1. The number of hydrogen-bond acceptors (Lipinski definition) is 2. The Hall–Kier alpha value is -0.280. The third kappa shape index (κ3) is 4.30. The van der Waals surface area contributed by atoms with Gasteiger partial charge in [0.05, 0.1) is 0 Å². The van der Waals surface area contributed by atoms with Crippen LogP contribution in [0.1, 0.15) is 45.4 Å². The summed E-state index contributed by atoms with van der Waals surface area (Å²) in [7, 11) is 0. The molecule has 0 aromatic heterocycles. The molecule has 94 valence electrons. The summed E-state index contributed by atoms with van der Waals surface area (Å²) in [5.74, 6) is 1.00. The van der Waals surface area contributed by atoms with Crippen molar-refractivity contribution in [2.24, 2.45) is 5.92 Å². The minimum Gasteiger partial charge on any atom is -0.353 e. The molecule has 1 aliphatic carbocycles. The van der Waals surface area contributed by atoms with Crippen LogP contribution in [0.3, 0.4) is 0 Å². The molecule has 1 aliphatic heterocycles. The number of carbonyl (C=O) groups excluding carboxylic acids is 1. The summed E-state index contributed by atoms with van der Waals surface area (Å²) in [6, 6.07) is 0.987. The van der Waals surface area contributed by atoms with Gasteiger partial charge in [-0.15, -0.1) is 12.4 Å². The van der Waals surface area contributed by atoms with Crippen LogP contribution >= 0.6 is 12.4 Å². The fraction of sp³-hybridized carbons (Fsp3) is 0.917. The first-order valence-corrected chi connectivity index (χ1v) is 6.28. The van der Waals surface area contributed by atoms with Crippen molar-refractivity contribution >= 4 is 18.3 Å². The normalized spacial score (nSPS) is 25.9. The third-order valence-corrected chi connectivity index (χ3v) is 3.60. The lowest BCUT2D eigenvalue weighted by molar-refractivity contribution is -0.122. The second-order valence-electron chi connectivity index (χ2n) is 5.03. The smallest absolute Gasteiger partial charge is 0.220 e. The van der Waals surface area contributed by atoms with Gasteiger partial charge in [-0.05, 0) is 51.5 Å². The lowest BCUT2D eigenvalue weighted by Gasteiger charge is -2.14. The summed E-state index contributed by atoms with van der Waals surface area (Å²) in [5.41, 5.74) is 0. The zero-order valence-corrected chi connectivity index (χ0v) is 10.8. The SMILES string of the molecule is CC(NC(=O)CCC1CCCN1)C1CC1.Cl. The molecule has 0 bridgehead atoms. The highest BCUT2D eigenvalue weighted by Crippen LogP contribution is 2.32. The minimum atomic E-state index is 0. The van der Waals surface area contributed by atoms with E-state index in [-0.39, 0.29) is 18.3 Å². The lowest BCUT2D eigenvalue weighted by Crippen LogP contribution is -2.35. The second-order valence-corrected chi connectivity index (χ2v) is 5.03. The Balaban J connectivity index is 0.00000128. The van der Waals surface area contributed by atoms with Gasteiger partial charge in [0.15, 0.2) is 0 Å².